The van der Waals surface area contributed by atoms with E-state index < -0.39 is 29.0 Å². The average Bonchev–Trinajstić information content (AvgIpc) is 2.81. The molecule has 2 rings (SSSR count). The van der Waals surface area contributed by atoms with Crippen molar-refractivity contribution in [2.75, 3.05) is 19.1 Å². The molecule has 8 heteroatoms. The molecule has 1 aromatic carbocycles. The smallest absolute Gasteiger partial charge is 0.186 e. The second kappa shape index (κ2) is 7.48. The number of aryl methyl sites for hydroxylation is 1. The summed E-state index contributed by atoms with van der Waals surface area (Å²) in [6.45, 7) is 4.93. The van der Waals surface area contributed by atoms with Crippen LogP contribution < -0.4 is 5.43 Å². The molecule has 0 fully saturated rings. The van der Waals surface area contributed by atoms with Crippen molar-refractivity contribution in [3.8, 4) is 0 Å². The summed E-state index contributed by atoms with van der Waals surface area (Å²) in [6, 6.07) is 1.97. The monoisotopic (exact) mass is 343 g/mol. The summed E-state index contributed by atoms with van der Waals surface area (Å²) in [6.07, 6.45) is 1.33. The Bertz CT molecular complexity index is 745. The van der Waals surface area contributed by atoms with Gasteiger partial charge in [-0.1, -0.05) is 0 Å². The molecule has 1 aromatic heterocycles. The summed E-state index contributed by atoms with van der Waals surface area (Å²) in [5, 5.41) is 3.68. The quantitative estimate of drug-likeness (QED) is 0.375. The number of aromatic nitrogens is 1. The van der Waals surface area contributed by atoms with Crippen molar-refractivity contribution in [2.24, 2.45) is 5.10 Å². The highest BCUT2D eigenvalue weighted by molar-refractivity contribution is 5.82. The minimum absolute atomic E-state index is 0.142. The second-order valence-corrected chi connectivity index (χ2v) is 5.18. The fraction of sp³-hybridized carbons (Fsp3) is 0.312. The topological polar surface area (TPSA) is 38.5 Å². The van der Waals surface area contributed by atoms with E-state index in [-0.39, 0.29) is 6.07 Å². The van der Waals surface area contributed by atoms with E-state index in [0.29, 0.717) is 18.7 Å². The SMILES string of the molecule is COCCn1c(C)cc(C=NNc2c(F)c(F)cc(F)c2F)c1C. The average molecular weight is 343 g/mol. The standard InChI is InChI=1S/C16H17F4N3O/c1-9-6-11(10(2)23(9)4-5-24-3)8-21-22-16-14(19)12(17)7-13(18)15(16)20/h6-8,22H,4-5H2,1-3H3. The van der Waals surface area contributed by atoms with E-state index in [2.05, 4.69) is 5.10 Å². The minimum Gasteiger partial charge on any atom is -0.383 e. The fourth-order valence-corrected chi connectivity index (χ4v) is 2.32. The van der Waals surface area contributed by atoms with Crippen molar-refractivity contribution in [3.05, 3.63) is 52.4 Å². The Morgan fingerprint density at radius 1 is 1.12 bits per heavy atom. The number of methoxy groups -OCH3 is 1. The number of hydrogen-bond donors (Lipinski definition) is 1. The minimum atomic E-state index is -1.53. The van der Waals surface area contributed by atoms with Gasteiger partial charge in [-0.3, -0.25) is 5.43 Å². The van der Waals surface area contributed by atoms with Gasteiger partial charge in [-0.05, 0) is 19.9 Å². The van der Waals surface area contributed by atoms with Crippen molar-refractivity contribution in [1.29, 1.82) is 0 Å². The van der Waals surface area contributed by atoms with Gasteiger partial charge in [0.25, 0.3) is 0 Å². The Kier molecular flexibility index (Phi) is 5.61. The molecule has 0 aliphatic carbocycles. The number of hydrogen-bond acceptors (Lipinski definition) is 3. The Morgan fingerprint density at radius 2 is 1.75 bits per heavy atom. The van der Waals surface area contributed by atoms with E-state index in [9.17, 15) is 17.6 Å². The molecule has 130 valence electrons. The van der Waals surface area contributed by atoms with Gasteiger partial charge in [0, 0.05) is 36.7 Å². The third kappa shape index (κ3) is 3.59. The highest BCUT2D eigenvalue weighted by Gasteiger charge is 2.18. The van der Waals surface area contributed by atoms with E-state index in [1.54, 1.807) is 7.11 Å². The first-order chi connectivity index (χ1) is 11.4. The maximum Gasteiger partial charge on any atom is 0.186 e. The van der Waals surface area contributed by atoms with Crippen molar-refractivity contribution < 1.29 is 22.3 Å². The third-order valence-electron chi connectivity index (χ3n) is 3.62. The zero-order valence-electron chi connectivity index (χ0n) is 13.5. The Morgan fingerprint density at radius 3 is 2.33 bits per heavy atom. The van der Waals surface area contributed by atoms with Crippen LogP contribution in [0.1, 0.15) is 17.0 Å². The van der Waals surface area contributed by atoms with Gasteiger partial charge in [-0.2, -0.15) is 5.10 Å². The summed E-state index contributed by atoms with van der Waals surface area (Å²) in [5.41, 5.74) is 3.58. The molecule has 0 aliphatic rings. The molecule has 1 N–H and O–H groups in total. The largest absolute Gasteiger partial charge is 0.383 e. The normalized spacial score (nSPS) is 11.5. The molecule has 2 aromatic rings. The molecule has 0 unspecified atom stereocenters. The Hall–Kier alpha value is -2.35. The number of nitrogens with one attached hydrogen (secondary N) is 1. The Labute approximate surface area is 136 Å². The summed E-state index contributed by atoms with van der Waals surface area (Å²) in [4.78, 5) is 0. The van der Waals surface area contributed by atoms with Crippen LogP contribution in [0, 0.1) is 37.1 Å². The number of nitrogens with zero attached hydrogens (tertiary/aromatic N) is 2. The van der Waals surface area contributed by atoms with Crippen LogP contribution in [0.2, 0.25) is 0 Å². The highest BCUT2D eigenvalue weighted by atomic mass is 19.2. The van der Waals surface area contributed by atoms with Crippen molar-refractivity contribution in [2.45, 2.75) is 20.4 Å². The molecule has 4 nitrogen and oxygen atoms in total. The summed E-state index contributed by atoms with van der Waals surface area (Å²) >= 11 is 0. The molecular formula is C16H17F4N3O. The van der Waals surface area contributed by atoms with Crippen LogP contribution in [-0.2, 0) is 11.3 Å². The van der Waals surface area contributed by atoms with Crippen LogP contribution in [0.5, 0.6) is 0 Å². The maximum absolute atomic E-state index is 13.5. The van der Waals surface area contributed by atoms with Crippen LogP contribution in [0.15, 0.2) is 17.2 Å². The molecule has 0 bridgehead atoms. The number of halogens is 4. The zero-order valence-corrected chi connectivity index (χ0v) is 13.5. The highest BCUT2D eigenvalue weighted by Crippen LogP contribution is 2.24. The van der Waals surface area contributed by atoms with Gasteiger partial charge in [0.15, 0.2) is 23.3 Å². The van der Waals surface area contributed by atoms with Crippen LogP contribution in [0.25, 0.3) is 0 Å². The molecule has 1 heterocycles. The predicted molar refractivity (Wildman–Crippen MR) is 83.3 cm³/mol. The lowest BCUT2D eigenvalue weighted by molar-refractivity contribution is 0.186. The van der Waals surface area contributed by atoms with Crippen molar-refractivity contribution >= 4 is 11.9 Å². The first kappa shape index (κ1) is 18.0. The van der Waals surface area contributed by atoms with Crippen molar-refractivity contribution in [3.63, 3.8) is 0 Å². The van der Waals surface area contributed by atoms with Gasteiger partial charge >= 0.3 is 0 Å². The van der Waals surface area contributed by atoms with Crippen LogP contribution >= 0.6 is 0 Å². The molecule has 0 spiro atoms. The number of benzene rings is 1. The number of anilines is 1. The van der Waals surface area contributed by atoms with Crippen LogP contribution in [-0.4, -0.2) is 24.5 Å². The van der Waals surface area contributed by atoms with E-state index in [1.165, 1.54) is 6.21 Å². The maximum atomic E-state index is 13.5. The van der Waals surface area contributed by atoms with E-state index >= 15 is 0 Å². The molecule has 0 atom stereocenters. The van der Waals surface area contributed by atoms with Gasteiger partial charge in [-0.25, -0.2) is 17.6 Å². The first-order valence-electron chi connectivity index (χ1n) is 7.14. The van der Waals surface area contributed by atoms with Gasteiger partial charge < -0.3 is 9.30 Å². The van der Waals surface area contributed by atoms with E-state index in [0.717, 1.165) is 11.4 Å². The van der Waals surface area contributed by atoms with E-state index in [1.807, 2.05) is 29.9 Å². The van der Waals surface area contributed by atoms with Gasteiger partial charge in [-0.15, -0.1) is 0 Å². The van der Waals surface area contributed by atoms with Crippen molar-refractivity contribution in [1.82, 2.24) is 4.57 Å². The molecule has 0 radical (unpaired) electrons. The van der Waals surface area contributed by atoms with Gasteiger partial charge in [0.2, 0.25) is 0 Å². The lowest BCUT2D eigenvalue weighted by Crippen LogP contribution is -2.07. The second-order valence-electron chi connectivity index (χ2n) is 5.18. The number of rotatable bonds is 6. The lowest BCUT2D eigenvalue weighted by atomic mass is 10.2. The Balaban J connectivity index is 2.22. The zero-order chi connectivity index (χ0) is 17.9. The molecule has 0 saturated heterocycles. The molecule has 24 heavy (non-hydrogen) atoms. The van der Waals surface area contributed by atoms with Crippen LogP contribution in [0.3, 0.4) is 0 Å². The van der Waals surface area contributed by atoms with Crippen LogP contribution in [0.4, 0.5) is 23.2 Å². The molecular weight excluding hydrogens is 326 g/mol. The molecule has 0 aliphatic heterocycles. The van der Waals surface area contributed by atoms with Gasteiger partial charge in [0.05, 0.1) is 12.8 Å². The van der Waals surface area contributed by atoms with Gasteiger partial charge in [0.1, 0.15) is 5.69 Å². The third-order valence-corrected chi connectivity index (χ3v) is 3.62. The summed E-state index contributed by atoms with van der Waals surface area (Å²) in [5.74, 6) is -6.05. The fourth-order valence-electron chi connectivity index (χ4n) is 2.32. The number of hydrazone groups is 1. The lowest BCUT2D eigenvalue weighted by Gasteiger charge is -2.08. The first-order valence-corrected chi connectivity index (χ1v) is 7.14. The van der Waals surface area contributed by atoms with E-state index in [4.69, 9.17) is 4.74 Å². The predicted octanol–water partition coefficient (Wildman–Crippen LogP) is 3.75. The molecule has 0 amide bonds. The molecule has 0 saturated carbocycles. The number of ether oxygens (including phenoxy) is 1. The summed E-state index contributed by atoms with van der Waals surface area (Å²) in [7, 11) is 1.60. The summed E-state index contributed by atoms with van der Waals surface area (Å²) < 4.78 is 60.3.